The fraction of sp³-hybridized carbons (Fsp3) is 0.650. The Balaban J connectivity index is 0.00000265. The summed E-state index contributed by atoms with van der Waals surface area (Å²) in [7, 11) is -3.41. The van der Waals surface area contributed by atoms with Gasteiger partial charge in [0.1, 0.15) is 17.4 Å². The summed E-state index contributed by atoms with van der Waals surface area (Å²) in [6.07, 6.45) is -6.46. The van der Waals surface area contributed by atoms with E-state index in [1.165, 1.54) is 0 Å². The first-order valence-electron chi connectivity index (χ1n) is 10.3. The lowest BCUT2D eigenvalue weighted by Gasteiger charge is -2.31. The SMILES string of the molecule is CC.CC(C)(C)OC(=O)NC1CCS(=O)(CCC(O)(c2ccc(O)cn2)C(F)(F)F)=NC1=O. The van der Waals surface area contributed by atoms with Crippen LogP contribution in [0.25, 0.3) is 0 Å². The molecule has 188 valence electrons. The molecule has 3 unspecified atom stereocenters. The number of rotatable bonds is 5. The van der Waals surface area contributed by atoms with Gasteiger partial charge < -0.3 is 20.3 Å². The fourth-order valence-electron chi connectivity index (χ4n) is 2.78. The number of amides is 2. The number of alkyl carbamates (subject to hydrolysis) is 1. The second-order valence-corrected chi connectivity index (χ2v) is 10.7. The molecule has 0 radical (unpaired) electrons. The molecule has 1 aromatic heterocycles. The van der Waals surface area contributed by atoms with Crippen molar-refractivity contribution in [3.05, 3.63) is 24.0 Å². The summed E-state index contributed by atoms with van der Waals surface area (Å²) in [4.78, 5) is 27.4. The maximum atomic E-state index is 13.6. The molecular weight excluding hydrogens is 467 g/mol. The Morgan fingerprint density at radius 2 is 1.88 bits per heavy atom. The molecule has 3 N–H and O–H groups in total. The number of hydrogen-bond donors (Lipinski definition) is 3. The van der Waals surface area contributed by atoms with Gasteiger partial charge >= 0.3 is 12.3 Å². The van der Waals surface area contributed by atoms with Crippen LogP contribution in [0.4, 0.5) is 18.0 Å². The number of carbonyl (C=O) groups is 2. The number of halogens is 3. The second kappa shape index (κ2) is 10.7. The Kier molecular flexibility index (Phi) is 9.26. The van der Waals surface area contributed by atoms with Crippen molar-refractivity contribution in [1.29, 1.82) is 0 Å². The topological polar surface area (TPSA) is 138 Å². The minimum Gasteiger partial charge on any atom is -0.506 e. The van der Waals surface area contributed by atoms with Crippen LogP contribution in [0.5, 0.6) is 5.75 Å². The predicted molar refractivity (Wildman–Crippen MR) is 115 cm³/mol. The molecule has 2 amide bonds. The van der Waals surface area contributed by atoms with Gasteiger partial charge in [-0.25, -0.2) is 9.00 Å². The molecule has 1 aromatic rings. The van der Waals surface area contributed by atoms with Crippen molar-refractivity contribution in [2.24, 2.45) is 4.36 Å². The van der Waals surface area contributed by atoms with E-state index < -0.39 is 68.8 Å². The number of pyridine rings is 1. The summed E-state index contributed by atoms with van der Waals surface area (Å²) < 4.78 is 62.2. The summed E-state index contributed by atoms with van der Waals surface area (Å²) in [5, 5.41) is 21.8. The molecule has 1 aliphatic heterocycles. The van der Waals surface area contributed by atoms with Crippen molar-refractivity contribution in [1.82, 2.24) is 10.3 Å². The van der Waals surface area contributed by atoms with Crippen LogP contribution < -0.4 is 5.32 Å². The third-order valence-corrected chi connectivity index (χ3v) is 6.62. The molecule has 0 aliphatic carbocycles. The predicted octanol–water partition coefficient (Wildman–Crippen LogP) is 3.25. The lowest BCUT2D eigenvalue weighted by atomic mass is 9.95. The first-order chi connectivity index (χ1) is 15.0. The lowest BCUT2D eigenvalue weighted by Crippen LogP contribution is -2.47. The molecule has 0 saturated carbocycles. The fourth-order valence-corrected chi connectivity index (χ4v) is 4.84. The highest BCUT2D eigenvalue weighted by molar-refractivity contribution is 7.93. The molecule has 2 rings (SSSR count). The Morgan fingerprint density at radius 3 is 2.33 bits per heavy atom. The normalized spacial score (nSPS) is 22.8. The third kappa shape index (κ3) is 7.84. The van der Waals surface area contributed by atoms with E-state index in [0.717, 1.165) is 18.3 Å². The molecule has 3 atom stereocenters. The highest BCUT2D eigenvalue weighted by Gasteiger charge is 2.56. The summed E-state index contributed by atoms with van der Waals surface area (Å²) in [6, 6.07) is 0.629. The molecule has 9 nitrogen and oxygen atoms in total. The van der Waals surface area contributed by atoms with Crippen LogP contribution in [0, 0.1) is 0 Å². The van der Waals surface area contributed by atoms with Crippen molar-refractivity contribution in [2.45, 2.75) is 70.9 Å². The molecule has 1 aliphatic rings. The maximum Gasteiger partial charge on any atom is 0.423 e. The number of nitrogens with one attached hydrogen (secondary N) is 1. The average Bonchev–Trinajstić information content (AvgIpc) is 2.68. The zero-order valence-electron chi connectivity index (χ0n) is 19.1. The average molecular weight is 498 g/mol. The van der Waals surface area contributed by atoms with Gasteiger partial charge in [0.15, 0.2) is 0 Å². The first kappa shape index (κ1) is 28.6. The monoisotopic (exact) mass is 497 g/mol. The van der Waals surface area contributed by atoms with Gasteiger partial charge in [-0.15, -0.1) is 0 Å². The van der Waals surface area contributed by atoms with Crippen LogP contribution in [0.3, 0.4) is 0 Å². The summed E-state index contributed by atoms with van der Waals surface area (Å²) in [5.74, 6) is -2.32. The van der Waals surface area contributed by atoms with E-state index in [1.807, 2.05) is 13.8 Å². The summed E-state index contributed by atoms with van der Waals surface area (Å²) in [5.41, 5.74) is -5.04. The minimum atomic E-state index is -5.16. The molecule has 0 spiro atoms. The number of aromatic hydroxyl groups is 1. The van der Waals surface area contributed by atoms with Crippen LogP contribution >= 0.6 is 0 Å². The smallest absolute Gasteiger partial charge is 0.423 e. The van der Waals surface area contributed by atoms with E-state index in [0.29, 0.717) is 0 Å². The van der Waals surface area contributed by atoms with Crippen LogP contribution in [0.15, 0.2) is 22.7 Å². The molecule has 0 bridgehead atoms. The van der Waals surface area contributed by atoms with Crippen LogP contribution in [-0.2, 0) is 24.9 Å². The van der Waals surface area contributed by atoms with Crippen molar-refractivity contribution >= 4 is 21.7 Å². The van der Waals surface area contributed by atoms with Gasteiger partial charge in [-0.3, -0.25) is 9.78 Å². The molecule has 2 heterocycles. The van der Waals surface area contributed by atoms with Crippen molar-refractivity contribution in [3.8, 4) is 5.75 Å². The zero-order chi connectivity index (χ0) is 25.7. The van der Waals surface area contributed by atoms with Gasteiger partial charge in [-0.1, -0.05) is 13.8 Å². The maximum absolute atomic E-state index is 13.6. The second-order valence-electron chi connectivity index (χ2n) is 8.11. The zero-order valence-corrected chi connectivity index (χ0v) is 19.9. The van der Waals surface area contributed by atoms with Gasteiger partial charge in [-0.2, -0.15) is 17.5 Å². The number of aliphatic hydroxyl groups is 1. The van der Waals surface area contributed by atoms with Gasteiger partial charge in [0.25, 0.3) is 5.91 Å². The molecule has 0 saturated heterocycles. The number of ether oxygens (including phenoxy) is 1. The standard InChI is InChI=1S/C18H24F3N3O6S.C2H6/c1-16(2,3)30-15(27)23-12-6-8-31(29,24-14(12)26)9-7-17(28,18(19,20)21)13-5-4-11(25)10-22-13;1-2/h4-5,10,12,25,28H,6-9H2,1-3H3,(H,23,27);1-2H3. The number of nitrogens with zero attached hydrogens (tertiary/aromatic N) is 2. The lowest BCUT2D eigenvalue weighted by molar-refractivity contribution is -0.268. The van der Waals surface area contributed by atoms with E-state index >= 15 is 0 Å². The van der Waals surface area contributed by atoms with Gasteiger partial charge in [-0.05, 0) is 39.3 Å². The van der Waals surface area contributed by atoms with Gasteiger partial charge in [0.05, 0.1) is 21.6 Å². The molecule has 0 fully saturated rings. The summed E-state index contributed by atoms with van der Waals surface area (Å²) >= 11 is 0. The van der Waals surface area contributed by atoms with Crippen molar-refractivity contribution in [3.63, 3.8) is 0 Å². The molecule has 33 heavy (non-hydrogen) atoms. The Morgan fingerprint density at radius 1 is 1.27 bits per heavy atom. The molecular formula is C20H30F3N3O6S. The Bertz CT molecular complexity index is 953. The highest BCUT2D eigenvalue weighted by Crippen LogP contribution is 2.41. The Hall–Kier alpha value is -2.41. The molecule has 0 aromatic carbocycles. The van der Waals surface area contributed by atoms with E-state index in [2.05, 4.69) is 14.7 Å². The number of aromatic nitrogens is 1. The van der Waals surface area contributed by atoms with Crippen molar-refractivity contribution in [2.75, 3.05) is 11.5 Å². The largest absolute Gasteiger partial charge is 0.506 e. The van der Waals surface area contributed by atoms with Gasteiger partial charge in [0, 0.05) is 17.9 Å². The number of alkyl halides is 3. The Labute approximate surface area is 190 Å². The number of hydrogen-bond acceptors (Lipinski definition) is 7. The summed E-state index contributed by atoms with van der Waals surface area (Å²) in [6.45, 7) is 8.87. The van der Waals surface area contributed by atoms with E-state index in [-0.39, 0.29) is 12.2 Å². The highest BCUT2D eigenvalue weighted by atomic mass is 32.2. The minimum absolute atomic E-state index is 0.109. The van der Waals surface area contributed by atoms with E-state index in [9.17, 15) is 37.2 Å². The molecule has 13 heteroatoms. The third-order valence-electron chi connectivity index (χ3n) is 4.39. The van der Waals surface area contributed by atoms with E-state index in [4.69, 9.17) is 4.74 Å². The first-order valence-corrected chi connectivity index (χ1v) is 12.1. The quantitative estimate of drug-likeness (QED) is 0.568. The van der Waals surface area contributed by atoms with Gasteiger partial charge in [0.2, 0.25) is 5.60 Å². The van der Waals surface area contributed by atoms with Crippen molar-refractivity contribution < 1.29 is 41.9 Å². The van der Waals surface area contributed by atoms with E-state index in [1.54, 1.807) is 20.8 Å². The van der Waals surface area contributed by atoms with Crippen LogP contribution in [0.2, 0.25) is 0 Å². The van der Waals surface area contributed by atoms with Crippen LogP contribution in [0.1, 0.15) is 53.2 Å². The number of carbonyl (C=O) groups excluding carboxylic acids is 2. The van der Waals surface area contributed by atoms with Crippen LogP contribution in [-0.4, -0.2) is 60.7 Å².